The van der Waals surface area contributed by atoms with Gasteiger partial charge in [0.1, 0.15) is 5.69 Å². The van der Waals surface area contributed by atoms with Crippen molar-refractivity contribution in [1.29, 1.82) is 0 Å². The summed E-state index contributed by atoms with van der Waals surface area (Å²) in [5.41, 5.74) is 2.42. The molecule has 1 aromatic carbocycles. The van der Waals surface area contributed by atoms with Crippen molar-refractivity contribution >= 4 is 17.7 Å². The predicted molar refractivity (Wildman–Crippen MR) is 95.6 cm³/mol. The first-order chi connectivity index (χ1) is 11.8. The molecule has 0 fully saturated rings. The molecule has 1 N–H and O–H groups in total. The Bertz CT molecular complexity index is 802. The second kappa shape index (κ2) is 7.79. The van der Waals surface area contributed by atoms with Gasteiger partial charge in [-0.15, -0.1) is 0 Å². The van der Waals surface area contributed by atoms with E-state index in [1.165, 1.54) is 11.8 Å². The monoisotopic (exact) mass is 338 g/mol. The Balaban J connectivity index is 1.74. The molecule has 3 rings (SSSR count). The summed E-state index contributed by atoms with van der Waals surface area (Å²) in [6.07, 6.45) is 6.02. The standard InChI is InChI=1S/C18H18N4OS/c1-24-18-21-13-16(22(18)15-8-3-2-4-9-15)17(23)20-12-10-14-7-5-6-11-19-14/h2-9,11,13H,10,12H2,1H3,(H,20,23). The Labute approximate surface area is 145 Å². The third kappa shape index (κ3) is 3.65. The number of thioether (sulfide) groups is 1. The molecule has 6 heteroatoms. The van der Waals surface area contributed by atoms with Gasteiger partial charge in [0.25, 0.3) is 5.91 Å². The van der Waals surface area contributed by atoms with Gasteiger partial charge in [0.2, 0.25) is 0 Å². The maximum atomic E-state index is 12.6. The van der Waals surface area contributed by atoms with E-state index in [2.05, 4.69) is 15.3 Å². The number of nitrogens with one attached hydrogen (secondary N) is 1. The van der Waals surface area contributed by atoms with Crippen molar-refractivity contribution in [2.24, 2.45) is 0 Å². The molecular formula is C18H18N4OS. The molecule has 0 bridgehead atoms. The lowest BCUT2D eigenvalue weighted by atomic mass is 10.2. The molecule has 5 nitrogen and oxygen atoms in total. The van der Waals surface area contributed by atoms with Crippen LogP contribution in [0.15, 0.2) is 66.1 Å². The molecule has 0 aliphatic carbocycles. The summed E-state index contributed by atoms with van der Waals surface area (Å²) in [6, 6.07) is 15.5. The van der Waals surface area contributed by atoms with Crippen LogP contribution in [0, 0.1) is 0 Å². The van der Waals surface area contributed by atoms with E-state index in [4.69, 9.17) is 0 Å². The maximum absolute atomic E-state index is 12.6. The van der Waals surface area contributed by atoms with Gasteiger partial charge in [-0.3, -0.25) is 14.3 Å². The van der Waals surface area contributed by atoms with Gasteiger partial charge in [0, 0.05) is 30.5 Å². The molecule has 3 aromatic rings. The van der Waals surface area contributed by atoms with E-state index in [9.17, 15) is 4.79 Å². The Morgan fingerprint density at radius 1 is 1.12 bits per heavy atom. The van der Waals surface area contributed by atoms with Crippen molar-refractivity contribution in [3.05, 3.63) is 72.3 Å². The van der Waals surface area contributed by atoms with Crippen molar-refractivity contribution in [3.8, 4) is 5.69 Å². The number of hydrogen-bond donors (Lipinski definition) is 1. The Hall–Kier alpha value is -2.60. The van der Waals surface area contributed by atoms with Crippen LogP contribution in [-0.4, -0.2) is 33.2 Å². The van der Waals surface area contributed by atoms with Gasteiger partial charge in [-0.2, -0.15) is 0 Å². The van der Waals surface area contributed by atoms with Gasteiger partial charge in [0.05, 0.1) is 6.20 Å². The second-order valence-corrected chi connectivity index (χ2v) is 5.90. The van der Waals surface area contributed by atoms with Crippen LogP contribution in [0.4, 0.5) is 0 Å². The average molecular weight is 338 g/mol. The number of carbonyl (C=O) groups is 1. The van der Waals surface area contributed by atoms with Crippen molar-refractivity contribution in [1.82, 2.24) is 19.9 Å². The third-order valence-corrected chi connectivity index (χ3v) is 4.21. The summed E-state index contributed by atoms with van der Waals surface area (Å²) in [4.78, 5) is 21.2. The number of rotatable bonds is 6. The van der Waals surface area contributed by atoms with Crippen LogP contribution in [0.1, 0.15) is 16.2 Å². The van der Waals surface area contributed by atoms with Gasteiger partial charge >= 0.3 is 0 Å². The molecule has 0 unspecified atom stereocenters. The van der Waals surface area contributed by atoms with Crippen molar-refractivity contribution < 1.29 is 4.79 Å². The van der Waals surface area contributed by atoms with E-state index >= 15 is 0 Å². The molecule has 2 heterocycles. The smallest absolute Gasteiger partial charge is 0.269 e. The molecule has 24 heavy (non-hydrogen) atoms. The van der Waals surface area contributed by atoms with Gasteiger partial charge in [-0.1, -0.05) is 36.0 Å². The maximum Gasteiger partial charge on any atom is 0.269 e. The minimum absolute atomic E-state index is 0.136. The molecule has 0 spiro atoms. The van der Waals surface area contributed by atoms with Gasteiger partial charge < -0.3 is 5.32 Å². The molecule has 0 saturated heterocycles. The van der Waals surface area contributed by atoms with E-state index in [0.717, 1.165) is 16.5 Å². The van der Waals surface area contributed by atoms with Crippen LogP contribution < -0.4 is 5.32 Å². The predicted octanol–water partition coefficient (Wildman–Crippen LogP) is 2.96. The largest absolute Gasteiger partial charge is 0.350 e. The van der Waals surface area contributed by atoms with Crippen molar-refractivity contribution in [2.45, 2.75) is 11.6 Å². The van der Waals surface area contributed by atoms with Crippen LogP contribution in [0.25, 0.3) is 5.69 Å². The van der Waals surface area contributed by atoms with Gasteiger partial charge in [0.15, 0.2) is 5.16 Å². The second-order valence-electron chi connectivity index (χ2n) is 5.13. The molecular weight excluding hydrogens is 320 g/mol. The lowest BCUT2D eigenvalue weighted by molar-refractivity contribution is 0.0946. The van der Waals surface area contributed by atoms with E-state index in [1.807, 2.05) is 59.4 Å². The average Bonchev–Trinajstić information content (AvgIpc) is 3.07. The number of imidazole rings is 1. The van der Waals surface area contributed by atoms with Gasteiger partial charge in [-0.05, 0) is 30.5 Å². The van der Waals surface area contributed by atoms with Crippen LogP contribution in [-0.2, 0) is 6.42 Å². The fourth-order valence-electron chi connectivity index (χ4n) is 2.41. The number of pyridine rings is 1. The molecule has 0 saturated carbocycles. The fourth-order valence-corrected chi connectivity index (χ4v) is 2.95. The number of amides is 1. The molecule has 1 amide bonds. The molecule has 0 radical (unpaired) electrons. The van der Waals surface area contributed by atoms with E-state index in [1.54, 1.807) is 12.4 Å². The first-order valence-corrected chi connectivity index (χ1v) is 8.87. The third-order valence-electron chi connectivity index (χ3n) is 3.55. The minimum atomic E-state index is -0.136. The Morgan fingerprint density at radius 3 is 2.62 bits per heavy atom. The first-order valence-electron chi connectivity index (χ1n) is 7.65. The highest BCUT2D eigenvalue weighted by molar-refractivity contribution is 7.98. The van der Waals surface area contributed by atoms with Crippen LogP contribution in [0.5, 0.6) is 0 Å². The van der Waals surface area contributed by atoms with Crippen LogP contribution >= 0.6 is 11.8 Å². The van der Waals surface area contributed by atoms with E-state index in [-0.39, 0.29) is 5.91 Å². The Morgan fingerprint density at radius 2 is 1.92 bits per heavy atom. The molecule has 2 aromatic heterocycles. The highest BCUT2D eigenvalue weighted by Gasteiger charge is 2.17. The van der Waals surface area contributed by atoms with Gasteiger partial charge in [-0.25, -0.2) is 4.98 Å². The number of nitrogens with zero attached hydrogens (tertiary/aromatic N) is 3. The number of hydrogen-bond acceptors (Lipinski definition) is 4. The number of aromatic nitrogens is 3. The quantitative estimate of drug-likeness (QED) is 0.702. The zero-order valence-corrected chi connectivity index (χ0v) is 14.2. The summed E-state index contributed by atoms with van der Waals surface area (Å²) in [5.74, 6) is -0.136. The lowest BCUT2D eigenvalue weighted by Gasteiger charge is -2.11. The zero-order valence-electron chi connectivity index (χ0n) is 13.3. The van der Waals surface area contributed by atoms with Crippen LogP contribution in [0.3, 0.4) is 0 Å². The molecule has 0 atom stereocenters. The highest BCUT2D eigenvalue weighted by Crippen LogP contribution is 2.21. The Kier molecular flexibility index (Phi) is 5.28. The topological polar surface area (TPSA) is 59.8 Å². The lowest BCUT2D eigenvalue weighted by Crippen LogP contribution is -2.27. The molecule has 122 valence electrons. The summed E-state index contributed by atoms with van der Waals surface area (Å²) in [5, 5.41) is 3.73. The first kappa shape index (κ1) is 16.3. The number of carbonyl (C=O) groups excluding carboxylic acids is 1. The molecule has 0 aliphatic rings. The van der Waals surface area contributed by atoms with Crippen molar-refractivity contribution in [3.63, 3.8) is 0 Å². The summed E-state index contributed by atoms with van der Waals surface area (Å²) < 4.78 is 1.88. The normalized spacial score (nSPS) is 10.5. The molecule has 0 aliphatic heterocycles. The van der Waals surface area contributed by atoms with Crippen LogP contribution in [0.2, 0.25) is 0 Å². The summed E-state index contributed by atoms with van der Waals surface area (Å²) in [7, 11) is 0. The number of para-hydroxylation sites is 1. The van der Waals surface area contributed by atoms with E-state index < -0.39 is 0 Å². The fraction of sp³-hybridized carbons (Fsp3) is 0.167. The SMILES string of the molecule is CSc1ncc(C(=O)NCCc2ccccn2)n1-c1ccccc1. The minimum Gasteiger partial charge on any atom is -0.350 e. The zero-order chi connectivity index (χ0) is 16.8. The number of benzene rings is 1. The van der Waals surface area contributed by atoms with Crippen molar-refractivity contribution in [2.75, 3.05) is 12.8 Å². The summed E-state index contributed by atoms with van der Waals surface area (Å²) in [6.45, 7) is 0.532. The van der Waals surface area contributed by atoms with E-state index in [0.29, 0.717) is 18.7 Å². The summed E-state index contributed by atoms with van der Waals surface area (Å²) >= 11 is 1.51. The highest BCUT2D eigenvalue weighted by atomic mass is 32.2.